The molecule has 1 aromatic carbocycles. The average molecular weight is 267 g/mol. The first-order valence-electron chi connectivity index (χ1n) is 6.63. The number of rotatable bonds is 2. The molecule has 1 aliphatic heterocycles. The molecule has 2 aliphatic rings. The van der Waals surface area contributed by atoms with Gasteiger partial charge in [0.2, 0.25) is 0 Å². The Kier molecular flexibility index (Phi) is 3.43. The van der Waals surface area contributed by atoms with Gasteiger partial charge in [-0.15, -0.1) is 0 Å². The van der Waals surface area contributed by atoms with E-state index in [4.69, 9.17) is 19.9 Å². The van der Waals surface area contributed by atoms with E-state index in [2.05, 4.69) is 0 Å². The fourth-order valence-electron chi connectivity index (χ4n) is 2.74. The Labute approximate surface area is 111 Å². The number of hydrogen-bond acceptors (Lipinski definition) is 4. The van der Waals surface area contributed by atoms with E-state index < -0.39 is 5.79 Å². The van der Waals surface area contributed by atoms with Crippen LogP contribution in [0, 0.1) is 5.82 Å². The van der Waals surface area contributed by atoms with Crippen LogP contribution in [0.5, 0.6) is 5.75 Å². The minimum absolute atomic E-state index is 0.0818. The van der Waals surface area contributed by atoms with E-state index in [1.807, 2.05) is 0 Å². The molecule has 3 rings (SSSR count). The van der Waals surface area contributed by atoms with Crippen LogP contribution in [-0.4, -0.2) is 31.1 Å². The normalized spacial score (nSPS) is 29.6. The highest BCUT2D eigenvalue weighted by atomic mass is 19.1. The lowest BCUT2D eigenvalue weighted by Crippen LogP contribution is -2.51. The molecule has 1 aromatic rings. The molecule has 5 heteroatoms. The third kappa shape index (κ3) is 2.73. The van der Waals surface area contributed by atoms with Crippen molar-refractivity contribution in [3.05, 3.63) is 30.1 Å². The summed E-state index contributed by atoms with van der Waals surface area (Å²) in [4.78, 5) is 0. The molecular weight excluding hydrogens is 249 g/mol. The van der Waals surface area contributed by atoms with Crippen molar-refractivity contribution in [2.75, 3.05) is 13.2 Å². The van der Waals surface area contributed by atoms with Crippen LogP contribution in [0.25, 0.3) is 0 Å². The summed E-state index contributed by atoms with van der Waals surface area (Å²) in [6.07, 6.45) is 1.94. The van der Waals surface area contributed by atoms with Gasteiger partial charge < -0.3 is 19.9 Å². The van der Waals surface area contributed by atoms with Crippen molar-refractivity contribution < 1.29 is 18.6 Å². The van der Waals surface area contributed by atoms with Gasteiger partial charge in [0.25, 0.3) is 0 Å². The first kappa shape index (κ1) is 12.8. The third-order valence-electron chi connectivity index (χ3n) is 3.75. The van der Waals surface area contributed by atoms with E-state index >= 15 is 0 Å². The molecule has 2 fully saturated rings. The van der Waals surface area contributed by atoms with Crippen LogP contribution in [0.15, 0.2) is 24.3 Å². The second-order valence-electron chi connectivity index (χ2n) is 5.13. The Morgan fingerprint density at radius 2 is 2.11 bits per heavy atom. The molecule has 2 N–H and O–H groups in total. The van der Waals surface area contributed by atoms with Gasteiger partial charge in [-0.25, -0.2) is 4.39 Å². The lowest BCUT2D eigenvalue weighted by Gasteiger charge is -2.39. The SMILES string of the molecule is NC1CCC2(CC1Oc1cccc(F)c1)OCCO2. The number of hydrogen-bond donors (Lipinski definition) is 1. The molecule has 1 saturated heterocycles. The molecular formula is C14H18FNO3. The molecule has 2 unspecified atom stereocenters. The Balaban J connectivity index is 1.71. The number of benzene rings is 1. The largest absolute Gasteiger partial charge is 0.488 e. The maximum Gasteiger partial charge on any atom is 0.172 e. The molecule has 0 amide bonds. The Hall–Kier alpha value is -1.17. The van der Waals surface area contributed by atoms with Crippen LogP contribution in [0.1, 0.15) is 19.3 Å². The Morgan fingerprint density at radius 3 is 2.84 bits per heavy atom. The van der Waals surface area contributed by atoms with Gasteiger partial charge in [-0.1, -0.05) is 6.07 Å². The number of nitrogens with two attached hydrogens (primary N) is 1. The highest BCUT2D eigenvalue weighted by molar-refractivity contribution is 5.23. The lowest BCUT2D eigenvalue weighted by molar-refractivity contribution is -0.195. The highest BCUT2D eigenvalue weighted by Crippen LogP contribution is 2.36. The average Bonchev–Trinajstić information content (AvgIpc) is 2.83. The van der Waals surface area contributed by atoms with Gasteiger partial charge in [0.1, 0.15) is 17.7 Å². The minimum Gasteiger partial charge on any atom is -0.488 e. The summed E-state index contributed by atoms with van der Waals surface area (Å²) < 4.78 is 30.3. The van der Waals surface area contributed by atoms with Gasteiger partial charge in [-0.3, -0.25) is 0 Å². The van der Waals surface area contributed by atoms with Crippen LogP contribution >= 0.6 is 0 Å². The molecule has 104 valence electrons. The Bertz CT molecular complexity index is 448. The smallest absolute Gasteiger partial charge is 0.172 e. The van der Waals surface area contributed by atoms with E-state index in [0.717, 1.165) is 12.8 Å². The van der Waals surface area contributed by atoms with Gasteiger partial charge >= 0.3 is 0 Å². The number of halogens is 1. The summed E-state index contributed by atoms with van der Waals surface area (Å²) in [6, 6.07) is 6.02. The first-order valence-corrected chi connectivity index (χ1v) is 6.63. The summed E-state index contributed by atoms with van der Waals surface area (Å²) in [6.45, 7) is 1.23. The fourth-order valence-corrected chi connectivity index (χ4v) is 2.74. The quantitative estimate of drug-likeness (QED) is 0.888. The summed E-state index contributed by atoms with van der Waals surface area (Å²) in [5.41, 5.74) is 6.09. The predicted molar refractivity (Wildman–Crippen MR) is 67.3 cm³/mol. The van der Waals surface area contributed by atoms with Crippen molar-refractivity contribution in [1.82, 2.24) is 0 Å². The van der Waals surface area contributed by atoms with Crippen molar-refractivity contribution in [2.24, 2.45) is 5.73 Å². The van der Waals surface area contributed by atoms with Gasteiger partial charge in [-0.2, -0.15) is 0 Å². The van der Waals surface area contributed by atoms with E-state index in [1.165, 1.54) is 12.1 Å². The highest BCUT2D eigenvalue weighted by Gasteiger charge is 2.45. The van der Waals surface area contributed by atoms with E-state index in [-0.39, 0.29) is 18.0 Å². The van der Waals surface area contributed by atoms with Crippen molar-refractivity contribution in [1.29, 1.82) is 0 Å². The molecule has 0 aromatic heterocycles. The maximum absolute atomic E-state index is 13.2. The van der Waals surface area contributed by atoms with Gasteiger partial charge in [0.05, 0.1) is 13.2 Å². The molecule has 2 atom stereocenters. The van der Waals surface area contributed by atoms with Crippen molar-refractivity contribution in [3.63, 3.8) is 0 Å². The second kappa shape index (κ2) is 5.07. The Morgan fingerprint density at radius 1 is 1.32 bits per heavy atom. The molecule has 4 nitrogen and oxygen atoms in total. The monoisotopic (exact) mass is 267 g/mol. The van der Waals surface area contributed by atoms with Crippen molar-refractivity contribution in [2.45, 2.75) is 37.2 Å². The van der Waals surface area contributed by atoms with Gasteiger partial charge in [-0.05, 0) is 18.6 Å². The van der Waals surface area contributed by atoms with E-state index in [1.54, 1.807) is 12.1 Å². The topological polar surface area (TPSA) is 53.7 Å². The summed E-state index contributed by atoms with van der Waals surface area (Å²) in [5.74, 6) is -0.367. The van der Waals surface area contributed by atoms with Gasteiger partial charge in [0, 0.05) is 24.9 Å². The molecule has 0 bridgehead atoms. The molecule has 1 spiro atoms. The van der Waals surface area contributed by atoms with Crippen LogP contribution in [0.4, 0.5) is 4.39 Å². The van der Waals surface area contributed by atoms with Crippen LogP contribution in [-0.2, 0) is 9.47 Å². The standard InChI is InChI=1S/C14H18FNO3/c15-10-2-1-3-11(8-10)19-13-9-14(5-4-12(13)16)17-6-7-18-14/h1-3,8,12-13H,4-7,9,16H2. The number of ether oxygens (including phenoxy) is 3. The predicted octanol–water partition coefficient (Wildman–Crippen LogP) is 1.83. The van der Waals surface area contributed by atoms with Crippen LogP contribution in [0.2, 0.25) is 0 Å². The molecule has 1 heterocycles. The molecule has 0 radical (unpaired) electrons. The maximum atomic E-state index is 13.2. The zero-order chi connectivity index (χ0) is 13.3. The van der Waals surface area contributed by atoms with E-state index in [9.17, 15) is 4.39 Å². The summed E-state index contributed by atoms with van der Waals surface area (Å²) >= 11 is 0. The fraction of sp³-hybridized carbons (Fsp3) is 0.571. The lowest BCUT2D eigenvalue weighted by atomic mass is 9.88. The zero-order valence-electron chi connectivity index (χ0n) is 10.7. The molecule has 1 aliphatic carbocycles. The van der Waals surface area contributed by atoms with E-state index in [0.29, 0.717) is 25.4 Å². The third-order valence-corrected chi connectivity index (χ3v) is 3.75. The molecule has 19 heavy (non-hydrogen) atoms. The molecule has 1 saturated carbocycles. The van der Waals surface area contributed by atoms with Gasteiger partial charge in [0.15, 0.2) is 5.79 Å². The van der Waals surface area contributed by atoms with Crippen LogP contribution in [0.3, 0.4) is 0 Å². The summed E-state index contributed by atoms with van der Waals surface area (Å²) in [7, 11) is 0. The van der Waals surface area contributed by atoms with Crippen LogP contribution < -0.4 is 10.5 Å². The van der Waals surface area contributed by atoms with Crippen molar-refractivity contribution >= 4 is 0 Å². The summed E-state index contributed by atoms with van der Waals surface area (Å²) in [5, 5.41) is 0. The van der Waals surface area contributed by atoms with Crippen molar-refractivity contribution in [3.8, 4) is 5.75 Å². The second-order valence-corrected chi connectivity index (χ2v) is 5.13. The minimum atomic E-state index is -0.548. The first-order chi connectivity index (χ1) is 9.17. The zero-order valence-corrected chi connectivity index (χ0v) is 10.7.